The molecule has 2 N–H and O–H groups in total. The van der Waals surface area contributed by atoms with Gasteiger partial charge in [-0.1, -0.05) is 79.2 Å². The summed E-state index contributed by atoms with van der Waals surface area (Å²) in [7, 11) is 0. The first-order chi connectivity index (χ1) is 21.4. The number of allylic oxidation sites excluding steroid dienone is 2. The zero-order valence-electron chi connectivity index (χ0n) is 30.6. The minimum atomic E-state index is -1.02. The Bertz CT molecular complexity index is 1140. The van der Waals surface area contributed by atoms with Crippen molar-refractivity contribution in [1.29, 1.82) is 5.26 Å². The number of carboxylic acid groups (broad SMARTS) is 1. The zero-order chi connectivity index (χ0) is 35.0. The fourth-order valence-electron chi connectivity index (χ4n) is 5.27. The molecule has 0 saturated heterocycles. The highest BCUT2D eigenvalue weighted by atomic mass is 16.4. The molecule has 0 bridgehead atoms. The van der Waals surface area contributed by atoms with Gasteiger partial charge in [0.1, 0.15) is 5.82 Å². The molecule has 7 heteroatoms. The van der Waals surface area contributed by atoms with Gasteiger partial charge in [0.25, 0.3) is 0 Å². The van der Waals surface area contributed by atoms with E-state index in [1.807, 2.05) is 74.4 Å². The Morgan fingerprint density at radius 3 is 2.22 bits per heavy atom. The van der Waals surface area contributed by atoms with Crippen molar-refractivity contribution in [1.82, 2.24) is 4.90 Å². The van der Waals surface area contributed by atoms with Crippen LogP contribution in [-0.4, -0.2) is 45.8 Å². The fourth-order valence-corrected chi connectivity index (χ4v) is 5.27. The first kappa shape index (κ1) is 43.9. The number of amides is 1. The highest BCUT2D eigenvalue weighted by Crippen LogP contribution is 2.33. The average molecular weight is 625 g/mol. The molecule has 1 amide bonds. The lowest BCUT2D eigenvalue weighted by molar-refractivity contribution is 0.125. The summed E-state index contributed by atoms with van der Waals surface area (Å²) >= 11 is 0. The first-order valence-corrected chi connectivity index (χ1v) is 17.0. The normalized spacial score (nSPS) is 17.1. The van der Waals surface area contributed by atoms with Crippen LogP contribution in [0.4, 0.5) is 10.5 Å². The summed E-state index contributed by atoms with van der Waals surface area (Å²) in [5.74, 6) is 1.53. The van der Waals surface area contributed by atoms with Gasteiger partial charge in [-0.15, -0.1) is 0 Å². The largest absolute Gasteiger partial charge is 0.465 e. The monoisotopic (exact) mass is 624 g/mol. The number of nitriles is 1. The summed E-state index contributed by atoms with van der Waals surface area (Å²) in [6.07, 6.45) is 13.3. The van der Waals surface area contributed by atoms with Gasteiger partial charge in [0, 0.05) is 24.5 Å². The number of nitrogens with zero attached hydrogens (tertiary/aromatic N) is 4. The summed E-state index contributed by atoms with van der Waals surface area (Å²) in [6.45, 7) is 23.8. The highest BCUT2D eigenvalue weighted by molar-refractivity contribution is 5.83. The van der Waals surface area contributed by atoms with E-state index in [1.54, 1.807) is 38.4 Å². The molecule has 2 atom stereocenters. The molecule has 2 rings (SSSR count). The molecule has 0 radical (unpaired) electrons. The van der Waals surface area contributed by atoms with Crippen molar-refractivity contribution < 1.29 is 15.0 Å². The number of hydrogen-bond acceptors (Lipinski definition) is 5. The van der Waals surface area contributed by atoms with Crippen LogP contribution in [0.15, 0.2) is 51.2 Å². The Labute approximate surface area is 275 Å². The molecule has 254 valence electrons. The second-order valence-corrected chi connectivity index (χ2v) is 11.4. The molecule has 1 aromatic rings. The highest BCUT2D eigenvalue weighted by Gasteiger charge is 2.27. The van der Waals surface area contributed by atoms with Crippen LogP contribution in [-0.2, 0) is 0 Å². The van der Waals surface area contributed by atoms with Gasteiger partial charge in [-0.2, -0.15) is 5.26 Å². The molecule has 0 heterocycles. The minimum Gasteiger partial charge on any atom is -0.465 e. The van der Waals surface area contributed by atoms with Gasteiger partial charge < -0.3 is 10.2 Å². The van der Waals surface area contributed by atoms with Crippen LogP contribution in [0.1, 0.15) is 139 Å². The smallest absolute Gasteiger partial charge is 0.413 e. The van der Waals surface area contributed by atoms with Crippen molar-refractivity contribution in [3.8, 4) is 6.07 Å². The molecule has 0 unspecified atom stereocenters. The molecule has 0 spiro atoms. The van der Waals surface area contributed by atoms with Gasteiger partial charge in [-0.3, -0.25) is 9.89 Å². The molecule has 0 aromatic heterocycles. The molecule has 1 fully saturated rings. The molecule has 7 nitrogen and oxygen atoms in total. The predicted molar refractivity (Wildman–Crippen MR) is 194 cm³/mol. The topological polar surface area (TPSA) is 109 Å². The van der Waals surface area contributed by atoms with Gasteiger partial charge in [0.05, 0.1) is 22.9 Å². The maximum atomic E-state index is 12.0. The van der Waals surface area contributed by atoms with E-state index in [9.17, 15) is 15.0 Å². The van der Waals surface area contributed by atoms with Gasteiger partial charge in [0.2, 0.25) is 0 Å². The third-order valence-electron chi connectivity index (χ3n) is 7.63. The summed E-state index contributed by atoms with van der Waals surface area (Å²) < 4.78 is 0. The number of aliphatic hydroxyl groups is 1. The van der Waals surface area contributed by atoms with Gasteiger partial charge in [0.15, 0.2) is 0 Å². The quantitative estimate of drug-likeness (QED) is 0.239. The van der Waals surface area contributed by atoms with E-state index in [1.165, 1.54) is 37.0 Å². The number of hydrogen-bond donors (Lipinski definition) is 2. The van der Waals surface area contributed by atoms with Crippen LogP contribution in [0.25, 0.3) is 0 Å². The standard InChI is InChI=1S/C24H42N2O3.C10H10N2.2C2H6/c1-7-10-12-19-13-11-14-20(15-19)17-26(23(27)28)22(9-3)25-16-21(18(4)8-2)24(5,6)29;1-3-12-10-5-4-9(7-11)6-8(10)2;2*1-2/h9,16,19-20,29H,7-8,10-15,17H2,1-6H3,(H,27,28);3-6H,1-2H3;2*1-2H3/b21-18-,22-9+,25-16-;;;/t19-,20+;;;/m0.../s1. The summed E-state index contributed by atoms with van der Waals surface area (Å²) in [5.41, 5.74) is 3.41. The zero-order valence-corrected chi connectivity index (χ0v) is 30.6. The van der Waals surface area contributed by atoms with E-state index in [2.05, 4.69) is 23.0 Å². The van der Waals surface area contributed by atoms with Crippen molar-refractivity contribution in [3.63, 3.8) is 0 Å². The molecule has 1 aromatic carbocycles. The number of aliphatic imine (C=N–C) groups is 2. The lowest BCUT2D eigenvalue weighted by atomic mass is 9.79. The molecule has 1 aliphatic carbocycles. The number of benzene rings is 1. The molecule has 45 heavy (non-hydrogen) atoms. The van der Waals surface area contributed by atoms with Gasteiger partial charge in [-0.05, 0) is 102 Å². The van der Waals surface area contributed by atoms with E-state index in [-0.39, 0.29) is 0 Å². The van der Waals surface area contributed by atoms with Crippen molar-refractivity contribution in [2.45, 2.75) is 140 Å². The van der Waals surface area contributed by atoms with E-state index >= 15 is 0 Å². The Hall–Kier alpha value is -3.24. The third kappa shape index (κ3) is 17.1. The second-order valence-electron chi connectivity index (χ2n) is 11.4. The fraction of sp³-hybridized carbons (Fsp3) is 0.632. The van der Waals surface area contributed by atoms with Crippen molar-refractivity contribution in [2.75, 3.05) is 6.54 Å². The van der Waals surface area contributed by atoms with Crippen molar-refractivity contribution in [2.24, 2.45) is 21.8 Å². The van der Waals surface area contributed by atoms with E-state index in [4.69, 9.17) is 5.26 Å². The lowest BCUT2D eigenvalue weighted by Gasteiger charge is -2.32. The third-order valence-corrected chi connectivity index (χ3v) is 7.63. The Morgan fingerprint density at radius 2 is 1.76 bits per heavy atom. The van der Waals surface area contributed by atoms with Gasteiger partial charge in [-0.25, -0.2) is 9.79 Å². The van der Waals surface area contributed by atoms with Gasteiger partial charge >= 0.3 is 6.09 Å². The maximum absolute atomic E-state index is 12.0. The molecule has 1 saturated carbocycles. The lowest BCUT2D eigenvalue weighted by Crippen LogP contribution is -2.35. The molecular formula is C38H64N4O3. The van der Waals surface area contributed by atoms with E-state index < -0.39 is 11.7 Å². The molecular weight excluding hydrogens is 560 g/mol. The molecule has 1 aliphatic rings. The van der Waals surface area contributed by atoms with Crippen LogP contribution >= 0.6 is 0 Å². The van der Waals surface area contributed by atoms with Crippen molar-refractivity contribution in [3.05, 3.63) is 52.4 Å². The Balaban J connectivity index is 0. The molecule has 0 aliphatic heterocycles. The van der Waals surface area contributed by atoms with Crippen LogP contribution in [0.2, 0.25) is 0 Å². The predicted octanol–water partition coefficient (Wildman–Crippen LogP) is 11.0. The summed E-state index contributed by atoms with van der Waals surface area (Å²) in [4.78, 5) is 22.0. The number of aryl methyl sites for hydroxylation is 1. The summed E-state index contributed by atoms with van der Waals surface area (Å²) in [6, 6.07) is 7.55. The number of unbranched alkanes of at least 4 members (excludes halogenated alkanes) is 1. The first-order valence-electron chi connectivity index (χ1n) is 17.0. The SMILES string of the molecule is CC.CC.CC=Nc1ccc(C#N)cc1C.C\C=C(/N=C\C(=C(/C)CC)C(C)(C)O)N(C[C@@H]1CCC[C@H](CCCC)C1)C(=O)O. The number of rotatable bonds is 11. The minimum absolute atomic E-state index is 0.383. The van der Waals surface area contributed by atoms with Crippen LogP contribution in [0, 0.1) is 30.1 Å². The maximum Gasteiger partial charge on any atom is 0.413 e. The average Bonchev–Trinajstić information content (AvgIpc) is 3.03. The summed E-state index contributed by atoms with van der Waals surface area (Å²) in [5, 5.41) is 28.9. The van der Waals surface area contributed by atoms with E-state index in [0.717, 1.165) is 47.6 Å². The number of carbonyl (C=O) groups is 1. The van der Waals surface area contributed by atoms with Crippen LogP contribution in [0.5, 0.6) is 0 Å². The second kappa shape index (κ2) is 25.0. The van der Waals surface area contributed by atoms with E-state index in [0.29, 0.717) is 23.8 Å². The van der Waals surface area contributed by atoms with Crippen LogP contribution < -0.4 is 0 Å². The van der Waals surface area contributed by atoms with Crippen molar-refractivity contribution >= 4 is 24.2 Å². The Kier molecular flexibility index (Phi) is 24.4. The van der Waals surface area contributed by atoms with Crippen LogP contribution in [0.3, 0.4) is 0 Å². The Morgan fingerprint density at radius 1 is 1.13 bits per heavy atom.